The molecule has 0 aliphatic heterocycles. The first-order valence-corrected chi connectivity index (χ1v) is 6.84. The minimum Gasteiger partial charge on any atom is -0.494 e. The third-order valence-electron chi connectivity index (χ3n) is 2.42. The fourth-order valence-corrected chi connectivity index (χ4v) is 1.57. The Balaban J connectivity index is 2.32. The summed E-state index contributed by atoms with van der Waals surface area (Å²) in [6.45, 7) is 3.36. The van der Waals surface area contributed by atoms with Crippen LogP contribution in [0, 0.1) is 0 Å². The molecule has 4 heteroatoms. The van der Waals surface area contributed by atoms with Crippen molar-refractivity contribution >= 4 is 17.5 Å². The van der Waals surface area contributed by atoms with Crippen molar-refractivity contribution in [3.63, 3.8) is 0 Å². The van der Waals surface area contributed by atoms with Crippen LogP contribution in [0.3, 0.4) is 0 Å². The second-order valence-electron chi connectivity index (χ2n) is 4.06. The first-order chi connectivity index (χ1) is 8.76. The van der Waals surface area contributed by atoms with Crippen LogP contribution in [0.2, 0.25) is 0 Å². The third-order valence-corrected chi connectivity index (χ3v) is 2.69. The van der Waals surface area contributed by atoms with Crippen LogP contribution >= 0.6 is 11.6 Å². The molecule has 0 heterocycles. The first-order valence-electron chi connectivity index (χ1n) is 6.30. The molecule has 0 aliphatic rings. The van der Waals surface area contributed by atoms with Gasteiger partial charge in [-0.3, -0.25) is 4.79 Å². The van der Waals surface area contributed by atoms with Gasteiger partial charge in [-0.2, -0.15) is 0 Å². The van der Waals surface area contributed by atoms with E-state index >= 15 is 0 Å². The molecule has 18 heavy (non-hydrogen) atoms. The molecule has 0 spiro atoms. The van der Waals surface area contributed by atoms with Crippen molar-refractivity contribution in [2.75, 3.05) is 12.5 Å². The second-order valence-corrected chi connectivity index (χ2v) is 4.44. The third kappa shape index (κ3) is 5.92. The van der Waals surface area contributed by atoms with E-state index in [-0.39, 0.29) is 5.91 Å². The number of carbonyl (C=O) groups is 1. The van der Waals surface area contributed by atoms with E-state index in [1.165, 1.54) is 0 Å². The van der Waals surface area contributed by atoms with E-state index in [9.17, 15) is 4.79 Å². The summed E-state index contributed by atoms with van der Waals surface area (Å²) in [6, 6.07) is 7.78. The number of rotatable bonds is 8. The van der Waals surface area contributed by atoms with Gasteiger partial charge in [0.05, 0.1) is 6.61 Å². The van der Waals surface area contributed by atoms with Gasteiger partial charge in [-0.25, -0.2) is 0 Å². The predicted molar refractivity (Wildman–Crippen MR) is 74.0 cm³/mol. The standard InChI is InChI=1S/C14H20ClNO2/c1-2-10-18-13-7-5-12(6-8-13)11-16-14(17)4-3-9-15/h5-8H,2-4,9-11H2,1H3,(H,16,17). The van der Waals surface area contributed by atoms with Gasteiger partial charge in [-0.05, 0) is 30.5 Å². The molecule has 1 aromatic carbocycles. The van der Waals surface area contributed by atoms with Crippen LogP contribution in [0.1, 0.15) is 31.7 Å². The highest BCUT2D eigenvalue weighted by molar-refractivity contribution is 6.17. The molecule has 0 fully saturated rings. The molecule has 0 saturated heterocycles. The fourth-order valence-electron chi connectivity index (χ4n) is 1.44. The van der Waals surface area contributed by atoms with Gasteiger partial charge in [0.1, 0.15) is 5.75 Å². The number of hydrogen-bond acceptors (Lipinski definition) is 2. The lowest BCUT2D eigenvalue weighted by atomic mass is 10.2. The molecule has 1 rings (SSSR count). The van der Waals surface area contributed by atoms with E-state index in [0.29, 0.717) is 18.8 Å². The van der Waals surface area contributed by atoms with Crippen LogP contribution in [-0.4, -0.2) is 18.4 Å². The van der Waals surface area contributed by atoms with Crippen molar-refractivity contribution in [2.24, 2.45) is 0 Å². The number of hydrogen-bond donors (Lipinski definition) is 1. The maximum Gasteiger partial charge on any atom is 0.220 e. The maximum absolute atomic E-state index is 11.4. The highest BCUT2D eigenvalue weighted by atomic mass is 35.5. The summed E-state index contributed by atoms with van der Waals surface area (Å²) in [4.78, 5) is 11.4. The number of nitrogens with one attached hydrogen (secondary N) is 1. The van der Waals surface area contributed by atoms with Crippen molar-refractivity contribution in [2.45, 2.75) is 32.7 Å². The van der Waals surface area contributed by atoms with Crippen LogP contribution in [0.4, 0.5) is 0 Å². The molecule has 0 bridgehead atoms. The molecular formula is C14H20ClNO2. The Morgan fingerprint density at radius 2 is 2.06 bits per heavy atom. The van der Waals surface area contributed by atoms with E-state index in [2.05, 4.69) is 12.2 Å². The van der Waals surface area contributed by atoms with Crippen molar-refractivity contribution in [3.8, 4) is 5.75 Å². The van der Waals surface area contributed by atoms with Crippen molar-refractivity contribution < 1.29 is 9.53 Å². The lowest BCUT2D eigenvalue weighted by Crippen LogP contribution is -2.22. The zero-order chi connectivity index (χ0) is 13.2. The van der Waals surface area contributed by atoms with Crippen LogP contribution < -0.4 is 10.1 Å². The van der Waals surface area contributed by atoms with Crippen molar-refractivity contribution in [3.05, 3.63) is 29.8 Å². The summed E-state index contributed by atoms with van der Waals surface area (Å²) in [6.07, 6.45) is 2.21. The molecule has 0 atom stereocenters. The van der Waals surface area contributed by atoms with E-state index in [4.69, 9.17) is 16.3 Å². The number of ether oxygens (including phenoxy) is 1. The van der Waals surface area contributed by atoms with Gasteiger partial charge in [0, 0.05) is 18.8 Å². The summed E-state index contributed by atoms with van der Waals surface area (Å²) in [5, 5.41) is 2.86. The van der Waals surface area contributed by atoms with Gasteiger partial charge < -0.3 is 10.1 Å². The largest absolute Gasteiger partial charge is 0.494 e. The van der Waals surface area contributed by atoms with Gasteiger partial charge in [0.25, 0.3) is 0 Å². The zero-order valence-electron chi connectivity index (χ0n) is 10.7. The zero-order valence-corrected chi connectivity index (χ0v) is 11.5. The second kappa shape index (κ2) is 8.81. The Kier molecular flexibility index (Phi) is 7.26. The maximum atomic E-state index is 11.4. The van der Waals surface area contributed by atoms with Crippen molar-refractivity contribution in [1.82, 2.24) is 5.32 Å². The number of alkyl halides is 1. The molecular weight excluding hydrogens is 250 g/mol. The number of halogens is 1. The van der Waals surface area contributed by atoms with Crippen LogP contribution in [0.25, 0.3) is 0 Å². The Morgan fingerprint density at radius 1 is 1.33 bits per heavy atom. The Hall–Kier alpha value is -1.22. The molecule has 1 aromatic rings. The highest BCUT2D eigenvalue weighted by Gasteiger charge is 2.01. The van der Waals surface area contributed by atoms with Gasteiger partial charge in [-0.1, -0.05) is 19.1 Å². The average molecular weight is 270 g/mol. The lowest BCUT2D eigenvalue weighted by molar-refractivity contribution is -0.121. The van der Waals surface area contributed by atoms with Crippen LogP contribution in [0.5, 0.6) is 5.75 Å². The molecule has 0 aliphatic carbocycles. The summed E-state index contributed by atoms with van der Waals surface area (Å²) in [7, 11) is 0. The molecule has 100 valence electrons. The number of amides is 1. The highest BCUT2D eigenvalue weighted by Crippen LogP contribution is 2.12. The topological polar surface area (TPSA) is 38.3 Å². The lowest BCUT2D eigenvalue weighted by Gasteiger charge is -2.07. The normalized spacial score (nSPS) is 10.1. The fraction of sp³-hybridized carbons (Fsp3) is 0.500. The van der Waals surface area contributed by atoms with E-state index < -0.39 is 0 Å². The first kappa shape index (κ1) is 14.8. The predicted octanol–water partition coefficient (Wildman–Crippen LogP) is 3.11. The smallest absolute Gasteiger partial charge is 0.220 e. The monoisotopic (exact) mass is 269 g/mol. The van der Waals surface area contributed by atoms with E-state index in [1.807, 2.05) is 24.3 Å². The summed E-state index contributed by atoms with van der Waals surface area (Å²) in [5.41, 5.74) is 1.07. The molecule has 0 radical (unpaired) electrons. The van der Waals surface area contributed by atoms with Gasteiger partial charge in [0.2, 0.25) is 5.91 Å². The average Bonchev–Trinajstić information content (AvgIpc) is 2.41. The summed E-state index contributed by atoms with van der Waals surface area (Å²) >= 11 is 5.53. The molecule has 1 N–H and O–H groups in total. The molecule has 0 saturated carbocycles. The van der Waals surface area contributed by atoms with Gasteiger partial charge in [0.15, 0.2) is 0 Å². The molecule has 0 unspecified atom stereocenters. The Bertz CT molecular complexity index is 351. The van der Waals surface area contributed by atoms with Gasteiger partial charge >= 0.3 is 0 Å². The Labute approximate surface area is 113 Å². The van der Waals surface area contributed by atoms with E-state index in [0.717, 1.165) is 30.8 Å². The summed E-state index contributed by atoms with van der Waals surface area (Å²) < 4.78 is 5.49. The number of benzene rings is 1. The minimum absolute atomic E-state index is 0.0435. The summed E-state index contributed by atoms with van der Waals surface area (Å²) in [5.74, 6) is 1.44. The minimum atomic E-state index is 0.0435. The van der Waals surface area contributed by atoms with Gasteiger partial charge in [-0.15, -0.1) is 11.6 Å². The SMILES string of the molecule is CCCOc1ccc(CNC(=O)CCCCl)cc1. The quantitative estimate of drug-likeness (QED) is 0.737. The van der Waals surface area contributed by atoms with Crippen LogP contribution in [0.15, 0.2) is 24.3 Å². The van der Waals surface area contributed by atoms with Crippen LogP contribution in [-0.2, 0) is 11.3 Å². The van der Waals surface area contributed by atoms with E-state index in [1.54, 1.807) is 0 Å². The molecule has 0 aromatic heterocycles. The number of carbonyl (C=O) groups excluding carboxylic acids is 1. The molecule has 1 amide bonds. The molecule has 3 nitrogen and oxygen atoms in total. The Morgan fingerprint density at radius 3 is 2.67 bits per heavy atom. The van der Waals surface area contributed by atoms with Crippen molar-refractivity contribution in [1.29, 1.82) is 0 Å².